The summed E-state index contributed by atoms with van der Waals surface area (Å²) in [6, 6.07) is 5.78. The zero-order valence-corrected chi connectivity index (χ0v) is 12.8. The van der Waals surface area contributed by atoms with Gasteiger partial charge in [-0.25, -0.2) is 13.1 Å². The Bertz CT molecular complexity index is 552. The van der Waals surface area contributed by atoms with Crippen LogP contribution < -0.4 is 10.0 Å². The summed E-state index contributed by atoms with van der Waals surface area (Å²) in [4.78, 5) is 11.8. The molecule has 1 unspecified atom stereocenters. The Kier molecular flexibility index (Phi) is 5.67. The highest BCUT2D eigenvalue weighted by molar-refractivity contribution is 7.89. The van der Waals surface area contributed by atoms with Crippen LogP contribution in [-0.4, -0.2) is 33.6 Å². The van der Waals surface area contributed by atoms with Gasteiger partial charge in [0, 0.05) is 18.8 Å². The smallest absolute Gasteiger partial charge is 0.253 e. The number of methoxy groups -OCH3 is 1. The van der Waals surface area contributed by atoms with Crippen molar-refractivity contribution in [2.24, 2.45) is 0 Å². The number of nitrogens with one attached hydrogen (secondary N) is 2. The zero-order chi connectivity index (χ0) is 15.3. The standard InChI is InChI=1S/C13H20N2O4S/c1-9(2)15-20(17,18)12-7-5-11(6-8-12)14-13(16)10(3)19-4/h5-10,15H,1-4H3,(H,14,16). The van der Waals surface area contributed by atoms with E-state index in [0.29, 0.717) is 5.69 Å². The molecule has 1 rings (SSSR count). The van der Waals surface area contributed by atoms with Crippen LogP contribution in [0.15, 0.2) is 29.2 Å². The summed E-state index contributed by atoms with van der Waals surface area (Å²) in [5, 5.41) is 2.63. The lowest BCUT2D eigenvalue weighted by Crippen LogP contribution is -2.30. The Hall–Kier alpha value is -1.44. The van der Waals surface area contributed by atoms with Gasteiger partial charge in [-0.3, -0.25) is 4.79 Å². The summed E-state index contributed by atoms with van der Waals surface area (Å²) >= 11 is 0. The highest BCUT2D eigenvalue weighted by Gasteiger charge is 2.16. The van der Waals surface area contributed by atoms with E-state index in [1.807, 2.05) is 0 Å². The summed E-state index contributed by atoms with van der Waals surface area (Å²) < 4.78 is 31.2. The zero-order valence-electron chi connectivity index (χ0n) is 12.0. The molecule has 6 nitrogen and oxygen atoms in total. The number of carbonyl (C=O) groups is 1. The molecule has 112 valence electrons. The number of sulfonamides is 1. The fourth-order valence-corrected chi connectivity index (χ4v) is 2.70. The average Bonchev–Trinajstić information content (AvgIpc) is 2.36. The van der Waals surface area contributed by atoms with E-state index < -0.39 is 16.1 Å². The van der Waals surface area contributed by atoms with E-state index in [9.17, 15) is 13.2 Å². The van der Waals surface area contributed by atoms with Crippen LogP contribution in [0.5, 0.6) is 0 Å². The quantitative estimate of drug-likeness (QED) is 0.830. The lowest BCUT2D eigenvalue weighted by Gasteiger charge is -2.12. The minimum atomic E-state index is -3.51. The Balaban J connectivity index is 2.82. The Labute approximate surface area is 119 Å². The molecule has 0 fully saturated rings. The molecule has 1 amide bonds. The van der Waals surface area contributed by atoms with Crippen LogP contribution in [0.2, 0.25) is 0 Å². The van der Waals surface area contributed by atoms with E-state index in [4.69, 9.17) is 4.74 Å². The maximum absolute atomic E-state index is 11.9. The topological polar surface area (TPSA) is 84.5 Å². The number of carbonyl (C=O) groups excluding carboxylic acids is 1. The van der Waals surface area contributed by atoms with E-state index in [1.165, 1.54) is 31.4 Å². The van der Waals surface area contributed by atoms with E-state index in [0.717, 1.165) is 0 Å². The Morgan fingerprint density at radius 2 is 1.70 bits per heavy atom. The monoisotopic (exact) mass is 300 g/mol. The summed E-state index contributed by atoms with van der Waals surface area (Å²) in [5.74, 6) is -0.289. The van der Waals surface area contributed by atoms with Gasteiger partial charge in [-0.2, -0.15) is 0 Å². The van der Waals surface area contributed by atoms with Gasteiger partial charge in [-0.05, 0) is 45.0 Å². The first-order chi connectivity index (χ1) is 9.26. The molecular formula is C13H20N2O4S. The van der Waals surface area contributed by atoms with Crippen molar-refractivity contribution in [3.63, 3.8) is 0 Å². The molecule has 0 aromatic heterocycles. The predicted molar refractivity (Wildman–Crippen MR) is 77.0 cm³/mol. The highest BCUT2D eigenvalue weighted by Crippen LogP contribution is 2.14. The van der Waals surface area contributed by atoms with Crippen molar-refractivity contribution < 1.29 is 17.9 Å². The van der Waals surface area contributed by atoms with Crippen LogP contribution in [0.4, 0.5) is 5.69 Å². The molecule has 0 heterocycles. The van der Waals surface area contributed by atoms with Crippen molar-refractivity contribution in [1.29, 1.82) is 0 Å². The van der Waals surface area contributed by atoms with Gasteiger partial charge in [0.2, 0.25) is 10.0 Å². The molecule has 1 aromatic carbocycles. The van der Waals surface area contributed by atoms with Crippen molar-refractivity contribution in [3.8, 4) is 0 Å². The average molecular weight is 300 g/mol. The SMILES string of the molecule is COC(C)C(=O)Nc1ccc(S(=O)(=O)NC(C)C)cc1. The summed E-state index contributed by atoms with van der Waals surface area (Å²) in [6.07, 6.45) is -0.569. The Morgan fingerprint density at radius 3 is 2.15 bits per heavy atom. The number of rotatable bonds is 6. The van der Waals surface area contributed by atoms with Crippen LogP contribution in [0, 0.1) is 0 Å². The van der Waals surface area contributed by atoms with Gasteiger partial charge in [0.1, 0.15) is 6.10 Å². The number of ether oxygens (including phenoxy) is 1. The third kappa shape index (κ3) is 4.59. The lowest BCUT2D eigenvalue weighted by molar-refractivity contribution is -0.124. The molecule has 0 bridgehead atoms. The number of hydrogen-bond donors (Lipinski definition) is 2. The summed E-state index contributed by atoms with van der Waals surface area (Å²) in [6.45, 7) is 5.12. The van der Waals surface area contributed by atoms with Gasteiger partial charge in [0.05, 0.1) is 4.90 Å². The number of amides is 1. The first-order valence-electron chi connectivity index (χ1n) is 6.22. The van der Waals surface area contributed by atoms with Gasteiger partial charge in [-0.1, -0.05) is 0 Å². The van der Waals surface area contributed by atoms with Crippen molar-refractivity contribution in [1.82, 2.24) is 4.72 Å². The molecule has 0 aliphatic rings. The molecule has 7 heteroatoms. The van der Waals surface area contributed by atoms with Gasteiger partial charge in [0.25, 0.3) is 5.91 Å². The lowest BCUT2D eigenvalue weighted by atomic mass is 10.3. The maximum atomic E-state index is 11.9. The third-order valence-corrected chi connectivity index (χ3v) is 4.22. The largest absolute Gasteiger partial charge is 0.372 e. The molecule has 1 aromatic rings. The van der Waals surface area contributed by atoms with Crippen molar-refractivity contribution in [2.45, 2.75) is 37.8 Å². The van der Waals surface area contributed by atoms with Gasteiger partial charge < -0.3 is 10.1 Å². The van der Waals surface area contributed by atoms with E-state index in [-0.39, 0.29) is 16.8 Å². The second kappa shape index (κ2) is 6.83. The molecule has 0 spiro atoms. The first-order valence-corrected chi connectivity index (χ1v) is 7.70. The number of anilines is 1. The van der Waals surface area contributed by atoms with Crippen LogP contribution in [0.1, 0.15) is 20.8 Å². The van der Waals surface area contributed by atoms with Crippen LogP contribution in [0.3, 0.4) is 0 Å². The molecule has 0 radical (unpaired) electrons. The van der Waals surface area contributed by atoms with E-state index >= 15 is 0 Å². The first kappa shape index (κ1) is 16.6. The predicted octanol–water partition coefficient (Wildman–Crippen LogP) is 1.35. The van der Waals surface area contributed by atoms with Crippen LogP contribution >= 0.6 is 0 Å². The van der Waals surface area contributed by atoms with Crippen molar-refractivity contribution >= 4 is 21.6 Å². The van der Waals surface area contributed by atoms with Crippen LogP contribution in [0.25, 0.3) is 0 Å². The number of hydrogen-bond acceptors (Lipinski definition) is 4. The van der Waals surface area contributed by atoms with Gasteiger partial charge in [-0.15, -0.1) is 0 Å². The third-order valence-electron chi connectivity index (χ3n) is 2.55. The van der Waals surface area contributed by atoms with Crippen LogP contribution in [-0.2, 0) is 19.6 Å². The van der Waals surface area contributed by atoms with Crippen molar-refractivity contribution in [2.75, 3.05) is 12.4 Å². The highest BCUT2D eigenvalue weighted by atomic mass is 32.2. The van der Waals surface area contributed by atoms with Gasteiger partial charge >= 0.3 is 0 Å². The molecule has 0 aliphatic carbocycles. The molecule has 20 heavy (non-hydrogen) atoms. The second-order valence-corrected chi connectivity index (χ2v) is 6.38. The molecule has 0 saturated carbocycles. The minimum absolute atomic E-state index is 0.156. The summed E-state index contributed by atoms with van der Waals surface area (Å²) in [7, 11) is -2.07. The molecule has 2 N–H and O–H groups in total. The second-order valence-electron chi connectivity index (χ2n) is 4.67. The number of benzene rings is 1. The van der Waals surface area contributed by atoms with Crippen molar-refractivity contribution in [3.05, 3.63) is 24.3 Å². The van der Waals surface area contributed by atoms with Gasteiger partial charge in [0.15, 0.2) is 0 Å². The molecule has 1 atom stereocenters. The van der Waals surface area contributed by atoms with E-state index in [1.54, 1.807) is 20.8 Å². The molecule has 0 saturated heterocycles. The normalized spacial score (nSPS) is 13.2. The molecular weight excluding hydrogens is 280 g/mol. The van der Waals surface area contributed by atoms with E-state index in [2.05, 4.69) is 10.0 Å². The fourth-order valence-electron chi connectivity index (χ4n) is 1.45. The minimum Gasteiger partial charge on any atom is -0.372 e. The Morgan fingerprint density at radius 1 is 1.15 bits per heavy atom. The summed E-state index contributed by atoms with van der Waals surface area (Å²) in [5.41, 5.74) is 0.516. The fraction of sp³-hybridized carbons (Fsp3) is 0.462. The molecule has 0 aliphatic heterocycles. The maximum Gasteiger partial charge on any atom is 0.253 e.